The number of hydrogen-bond donors (Lipinski definition) is 0. The van der Waals surface area contributed by atoms with Crippen LogP contribution >= 0.6 is 7.26 Å². The zero-order valence-electron chi connectivity index (χ0n) is 19.4. The van der Waals surface area contributed by atoms with Crippen LogP contribution in [0.25, 0.3) is 21.5 Å². The second-order valence-electron chi connectivity index (χ2n) is 8.77. The van der Waals surface area contributed by atoms with Crippen molar-refractivity contribution in [1.82, 2.24) is 0 Å². The molecule has 2 heteroatoms. The molecule has 0 saturated heterocycles. The van der Waals surface area contributed by atoms with Crippen molar-refractivity contribution in [2.75, 3.05) is 0 Å². The lowest BCUT2D eigenvalue weighted by atomic mass is 9.98. The smallest absolute Gasteiger partial charge is 0.116 e. The zero-order chi connectivity index (χ0) is 22.8. The maximum atomic E-state index is 2.34. The van der Waals surface area contributed by atoms with Crippen molar-refractivity contribution in [1.29, 1.82) is 0 Å². The quantitative estimate of drug-likeness (QED) is 0.160. The SMILES string of the molecule is [I-].c1ccc([P+](Cc2c3ccccc3cc3ccccc23)(c2ccccc2)c2ccccc2)cc1. The van der Waals surface area contributed by atoms with E-state index >= 15 is 0 Å². The minimum Gasteiger partial charge on any atom is -1.00 e. The van der Waals surface area contributed by atoms with Gasteiger partial charge in [-0.15, -0.1) is 0 Å². The van der Waals surface area contributed by atoms with Crippen LogP contribution < -0.4 is 39.9 Å². The summed E-state index contributed by atoms with van der Waals surface area (Å²) < 4.78 is 0. The maximum absolute atomic E-state index is 2.34. The van der Waals surface area contributed by atoms with E-state index in [4.69, 9.17) is 0 Å². The molecule has 0 radical (unpaired) electrons. The highest BCUT2D eigenvalue weighted by Crippen LogP contribution is 2.59. The summed E-state index contributed by atoms with van der Waals surface area (Å²) in [6.45, 7) is 0. The first kappa shape index (κ1) is 23.7. The molecule has 0 aliphatic heterocycles. The van der Waals surface area contributed by atoms with Crippen molar-refractivity contribution >= 4 is 44.7 Å². The Kier molecular flexibility index (Phi) is 7.00. The van der Waals surface area contributed by atoms with Gasteiger partial charge in [0.25, 0.3) is 0 Å². The van der Waals surface area contributed by atoms with Crippen LogP contribution in [0.4, 0.5) is 0 Å². The fourth-order valence-corrected chi connectivity index (χ4v) is 9.58. The molecule has 0 saturated carbocycles. The summed E-state index contributed by atoms with van der Waals surface area (Å²) >= 11 is 0. The minimum atomic E-state index is -1.98. The standard InChI is InChI=1S/C33H26P.HI/c1-4-16-28(17-5-1)34(29-18-6-2-7-19-29,30-20-8-3-9-21-30)25-33-31-22-12-10-14-26(31)24-27-15-11-13-23-32(27)33;/h1-24H,25H2;1H/q+1;/p-1. The molecule has 6 rings (SSSR count). The zero-order valence-corrected chi connectivity index (χ0v) is 22.4. The van der Waals surface area contributed by atoms with Crippen LogP contribution in [0, 0.1) is 0 Å². The fraction of sp³-hybridized carbons (Fsp3) is 0.0303. The number of benzene rings is 6. The van der Waals surface area contributed by atoms with Crippen LogP contribution in [0.3, 0.4) is 0 Å². The Morgan fingerprint density at radius 2 is 0.743 bits per heavy atom. The molecule has 6 aromatic carbocycles. The molecule has 35 heavy (non-hydrogen) atoms. The number of hydrogen-bond acceptors (Lipinski definition) is 0. The molecule has 0 aliphatic rings. The molecule has 0 N–H and O–H groups in total. The Balaban J connectivity index is 0.00000253. The van der Waals surface area contributed by atoms with Crippen LogP contribution in [-0.4, -0.2) is 0 Å². The van der Waals surface area contributed by atoms with Gasteiger partial charge in [-0.2, -0.15) is 0 Å². The molecule has 0 bridgehead atoms. The predicted octanol–water partition coefficient (Wildman–Crippen LogP) is 4.49. The topological polar surface area (TPSA) is 0 Å². The number of rotatable bonds is 5. The summed E-state index contributed by atoms with van der Waals surface area (Å²) in [5.74, 6) is 0. The molecule has 170 valence electrons. The first-order chi connectivity index (χ1) is 16.9. The van der Waals surface area contributed by atoms with Gasteiger partial charge in [0.05, 0.1) is 6.16 Å². The molecular weight excluding hydrogens is 554 g/mol. The van der Waals surface area contributed by atoms with Crippen LogP contribution in [0.5, 0.6) is 0 Å². The summed E-state index contributed by atoms with van der Waals surface area (Å²) in [6.07, 6.45) is 0.979. The molecule has 0 aromatic heterocycles. The van der Waals surface area contributed by atoms with E-state index in [1.807, 2.05) is 0 Å². The molecule has 0 nitrogen and oxygen atoms in total. The van der Waals surface area contributed by atoms with Crippen LogP contribution in [0.15, 0.2) is 146 Å². The van der Waals surface area contributed by atoms with E-state index in [1.165, 1.54) is 43.0 Å². The van der Waals surface area contributed by atoms with Gasteiger partial charge in [-0.1, -0.05) is 103 Å². The molecule has 0 spiro atoms. The second-order valence-corrected chi connectivity index (χ2v) is 12.3. The normalized spacial score (nSPS) is 11.3. The van der Waals surface area contributed by atoms with Crippen LogP contribution in [0.1, 0.15) is 5.56 Å². The van der Waals surface area contributed by atoms with Gasteiger partial charge in [0.2, 0.25) is 0 Å². The van der Waals surface area contributed by atoms with E-state index in [2.05, 4.69) is 146 Å². The summed E-state index contributed by atoms with van der Waals surface area (Å²) in [4.78, 5) is 0. The molecule has 0 unspecified atom stereocenters. The molecule has 0 aliphatic carbocycles. The largest absolute Gasteiger partial charge is 1.00 e. The van der Waals surface area contributed by atoms with E-state index < -0.39 is 7.26 Å². The highest BCUT2D eigenvalue weighted by atomic mass is 127. The van der Waals surface area contributed by atoms with E-state index in [0.717, 1.165) is 6.16 Å². The van der Waals surface area contributed by atoms with Crippen molar-refractivity contribution < 1.29 is 24.0 Å². The highest BCUT2D eigenvalue weighted by molar-refractivity contribution is 7.95. The van der Waals surface area contributed by atoms with E-state index in [9.17, 15) is 0 Å². The van der Waals surface area contributed by atoms with Crippen molar-refractivity contribution in [3.8, 4) is 0 Å². The Morgan fingerprint density at radius 1 is 0.400 bits per heavy atom. The average Bonchev–Trinajstić information content (AvgIpc) is 2.93. The van der Waals surface area contributed by atoms with E-state index in [-0.39, 0.29) is 24.0 Å². The van der Waals surface area contributed by atoms with Crippen molar-refractivity contribution in [2.45, 2.75) is 6.16 Å². The lowest BCUT2D eigenvalue weighted by Gasteiger charge is -2.29. The van der Waals surface area contributed by atoms with Crippen LogP contribution in [-0.2, 0) is 6.16 Å². The van der Waals surface area contributed by atoms with Crippen LogP contribution in [0.2, 0.25) is 0 Å². The highest BCUT2D eigenvalue weighted by Gasteiger charge is 2.46. The fourth-order valence-electron chi connectivity index (χ4n) is 5.28. The Labute approximate surface area is 225 Å². The minimum absolute atomic E-state index is 0. The molecule has 6 aromatic rings. The van der Waals surface area contributed by atoms with Gasteiger partial charge in [0, 0.05) is 5.56 Å². The second kappa shape index (κ2) is 10.3. The molecule has 0 fully saturated rings. The van der Waals surface area contributed by atoms with Crippen molar-refractivity contribution in [2.24, 2.45) is 0 Å². The van der Waals surface area contributed by atoms with E-state index in [0.29, 0.717) is 0 Å². The van der Waals surface area contributed by atoms with E-state index in [1.54, 1.807) is 0 Å². The lowest BCUT2D eigenvalue weighted by molar-refractivity contribution is -0.00000641. The van der Waals surface area contributed by atoms with Crippen molar-refractivity contribution in [3.63, 3.8) is 0 Å². The van der Waals surface area contributed by atoms with Crippen molar-refractivity contribution in [3.05, 3.63) is 151 Å². The number of halogens is 1. The summed E-state index contributed by atoms with van der Waals surface area (Å²) in [7, 11) is -1.98. The lowest BCUT2D eigenvalue weighted by Crippen LogP contribution is -3.00. The molecule has 0 amide bonds. The average molecular weight is 580 g/mol. The van der Waals surface area contributed by atoms with Gasteiger partial charge in [-0.05, 0) is 64.0 Å². The summed E-state index contributed by atoms with van der Waals surface area (Å²) in [6, 6.07) is 53.6. The third-order valence-corrected chi connectivity index (χ3v) is 11.2. The monoisotopic (exact) mass is 580 g/mol. The third-order valence-electron chi connectivity index (χ3n) is 6.87. The third kappa shape index (κ3) is 4.29. The van der Waals surface area contributed by atoms with Gasteiger partial charge < -0.3 is 24.0 Å². The predicted molar refractivity (Wildman–Crippen MR) is 150 cm³/mol. The van der Waals surface area contributed by atoms with Gasteiger partial charge in [-0.25, -0.2) is 0 Å². The maximum Gasteiger partial charge on any atom is 0.116 e. The summed E-state index contributed by atoms with van der Waals surface area (Å²) in [5.41, 5.74) is 1.44. The summed E-state index contributed by atoms with van der Waals surface area (Å²) in [5, 5.41) is 9.59. The van der Waals surface area contributed by atoms with Gasteiger partial charge in [0.1, 0.15) is 23.2 Å². The van der Waals surface area contributed by atoms with Gasteiger partial charge in [0.15, 0.2) is 0 Å². The first-order valence-corrected chi connectivity index (χ1v) is 13.8. The molecule has 0 atom stereocenters. The Bertz CT molecular complexity index is 1410. The van der Waals surface area contributed by atoms with Gasteiger partial charge >= 0.3 is 0 Å². The molecule has 0 heterocycles. The number of fused-ring (bicyclic) bond motifs is 2. The molecular formula is C33H26IP. The Morgan fingerprint density at radius 3 is 1.14 bits per heavy atom. The Hall–Kier alpha value is -3.00. The first-order valence-electron chi connectivity index (χ1n) is 11.8. The van der Waals surface area contributed by atoms with Gasteiger partial charge in [-0.3, -0.25) is 0 Å².